The average Bonchev–Trinajstić information content (AvgIpc) is 2.86. The van der Waals surface area contributed by atoms with Crippen molar-refractivity contribution in [3.8, 4) is 11.5 Å². The first kappa shape index (κ1) is 26.0. The molecule has 0 aliphatic carbocycles. The third-order valence-electron chi connectivity index (χ3n) is 5.03. The topological polar surface area (TPSA) is 118 Å². The summed E-state index contributed by atoms with van der Waals surface area (Å²) < 4.78 is 11.2. The lowest BCUT2D eigenvalue weighted by Crippen LogP contribution is -2.32. The van der Waals surface area contributed by atoms with Crippen molar-refractivity contribution in [3.63, 3.8) is 0 Å². The number of carbonyl (C=O) groups excluding carboxylic acids is 3. The van der Waals surface area contributed by atoms with Crippen LogP contribution in [-0.4, -0.2) is 37.1 Å². The van der Waals surface area contributed by atoms with Crippen LogP contribution in [0.25, 0.3) is 0 Å². The van der Waals surface area contributed by atoms with Crippen molar-refractivity contribution in [2.75, 3.05) is 23.8 Å². The number of nitrogens with zero attached hydrogens (tertiary/aromatic N) is 1. The summed E-state index contributed by atoms with van der Waals surface area (Å²) in [6, 6.07) is 19.4. The van der Waals surface area contributed by atoms with Gasteiger partial charge in [0, 0.05) is 11.4 Å². The Balaban J connectivity index is 1.55. The zero-order chi connectivity index (χ0) is 25.9. The molecule has 0 atom stereocenters. The summed E-state index contributed by atoms with van der Waals surface area (Å²) in [5.41, 5.74) is 6.07. The van der Waals surface area contributed by atoms with Crippen LogP contribution in [0.3, 0.4) is 0 Å². The van der Waals surface area contributed by atoms with Crippen LogP contribution in [0.5, 0.6) is 11.5 Å². The molecule has 186 valence electrons. The summed E-state index contributed by atoms with van der Waals surface area (Å²) in [4.78, 5) is 36.3. The van der Waals surface area contributed by atoms with Gasteiger partial charge >= 0.3 is 11.8 Å². The first-order valence-electron chi connectivity index (χ1n) is 11.3. The first-order valence-corrected chi connectivity index (χ1v) is 11.3. The van der Waals surface area contributed by atoms with Crippen LogP contribution in [0.1, 0.15) is 23.6 Å². The molecule has 3 aromatic carbocycles. The van der Waals surface area contributed by atoms with Crippen LogP contribution in [0.4, 0.5) is 11.4 Å². The largest absolute Gasteiger partial charge is 0.490 e. The normalized spacial score (nSPS) is 10.5. The fourth-order valence-electron chi connectivity index (χ4n) is 3.08. The second kappa shape index (κ2) is 12.7. The standard InChI is InChI=1S/C27H28N4O5/c1-4-35-24-15-20(11-13-23(24)36-17-25(32)29-21-8-6-5-7-9-21)16-28-31-27(34)26(33)30-22-12-10-18(2)19(3)14-22/h5-16H,4,17H2,1-3H3,(H,29,32)(H,30,33)(H,31,34)/b28-16-. The van der Waals surface area contributed by atoms with Crippen molar-refractivity contribution in [2.45, 2.75) is 20.8 Å². The molecule has 0 saturated heterocycles. The van der Waals surface area contributed by atoms with Crippen LogP contribution < -0.4 is 25.5 Å². The van der Waals surface area contributed by atoms with Crippen LogP contribution >= 0.6 is 0 Å². The smallest absolute Gasteiger partial charge is 0.329 e. The Labute approximate surface area is 209 Å². The number of nitrogens with one attached hydrogen (secondary N) is 3. The van der Waals surface area contributed by atoms with Gasteiger partial charge in [-0.05, 0) is 79.9 Å². The van der Waals surface area contributed by atoms with E-state index in [0.717, 1.165) is 11.1 Å². The van der Waals surface area contributed by atoms with E-state index in [-0.39, 0.29) is 12.5 Å². The van der Waals surface area contributed by atoms with Crippen LogP contribution in [-0.2, 0) is 14.4 Å². The molecule has 3 aromatic rings. The number of aryl methyl sites for hydroxylation is 2. The minimum absolute atomic E-state index is 0.200. The predicted molar refractivity (Wildman–Crippen MR) is 138 cm³/mol. The van der Waals surface area contributed by atoms with Gasteiger partial charge in [-0.15, -0.1) is 0 Å². The Morgan fingerprint density at radius 1 is 0.806 bits per heavy atom. The van der Waals surface area contributed by atoms with Gasteiger partial charge in [0.1, 0.15) is 0 Å². The van der Waals surface area contributed by atoms with Gasteiger partial charge in [0.15, 0.2) is 18.1 Å². The molecule has 0 aliphatic rings. The van der Waals surface area contributed by atoms with E-state index < -0.39 is 11.8 Å². The number of para-hydroxylation sites is 1. The third-order valence-corrected chi connectivity index (χ3v) is 5.03. The van der Waals surface area contributed by atoms with Crippen molar-refractivity contribution in [1.29, 1.82) is 0 Å². The number of anilines is 2. The summed E-state index contributed by atoms with van der Waals surface area (Å²) in [7, 11) is 0. The number of amides is 3. The minimum atomic E-state index is -0.904. The Morgan fingerprint density at radius 3 is 2.31 bits per heavy atom. The molecular weight excluding hydrogens is 460 g/mol. The molecule has 0 radical (unpaired) electrons. The maximum Gasteiger partial charge on any atom is 0.329 e. The molecule has 0 aliphatic heterocycles. The molecule has 3 N–H and O–H groups in total. The van der Waals surface area contributed by atoms with Crippen molar-refractivity contribution in [1.82, 2.24) is 5.43 Å². The number of hydrogen-bond acceptors (Lipinski definition) is 6. The van der Waals surface area contributed by atoms with Crippen molar-refractivity contribution in [3.05, 3.63) is 83.4 Å². The number of rotatable bonds is 9. The molecule has 3 rings (SSSR count). The summed E-state index contributed by atoms with van der Waals surface area (Å²) in [6.07, 6.45) is 1.37. The quantitative estimate of drug-likeness (QED) is 0.241. The molecule has 9 nitrogen and oxygen atoms in total. The van der Waals surface area contributed by atoms with Crippen molar-refractivity contribution >= 4 is 35.3 Å². The van der Waals surface area contributed by atoms with Crippen LogP contribution in [0.2, 0.25) is 0 Å². The van der Waals surface area contributed by atoms with Gasteiger partial charge < -0.3 is 20.1 Å². The van der Waals surface area contributed by atoms with Crippen LogP contribution in [0.15, 0.2) is 71.8 Å². The molecular formula is C27H28N4O5. The lowest BCUT2D eigenvalue weighted by Gasteiger charge is -2.12. The van der Waals surface area contributed by atoms with E-state index in [1.54, 1.807) is 42.5 Å². The van der Waals surface area contributed by atoms with Crippen LogP contribution in [0, 0.1) is 13.8 Å². The Hall–Kier alpha value is -4.66. The summed E-state index contributed by atoms with van der Waals surface area (Å²) >= 11 is 0. The molecule has 9 heteroatoms. The number of ether oxygens (including phenoxy) is 2. The van der Waals surface area contributed by atoms with Gasteiger partial charge in [-0.1, -0.05) is 24.3 Å². The Kier molecular flexibility index (Phi) is 9.16. The SMILES string of the molecule is CCOc1cc(/C=N\NC(=O)C(=O)Nc2ccc(C)c(C)c2)ccc1OCC(=O)Nc1ccccc1. The highest BCUT2D eigenvalue weighted by atomic mass is 16.5. The molecule has 0 heterocycles. The van der Waals surface area contributed by atoms with E-state index in [2.05, 4.69) is 21.2 Å². The second-order valence-corrected chi connectivity index (χ2v) is 7.79. The highest BCUT2D eigenvalue weighted by Crippen LogP contribution is 2.28. The van der Waals surface area contributed by atoms with Gasteiger partial charge in [0.05, 0.1) is 12.8 Å². The molecule has 0 unspecified atom stereocenters. The summed E-state index contributed by atoms with van der Waals surface area (Å²) in [5.74, 6) is -1.25. The fourth-order valence-corrected chi connectivity index (χ4v) is 3.08. The molecule has 0 bridgehead atoms. The third kappa shape index (κ3) is 7.69. The molecule has 3 amide bonds. The lowest BCUT2D eigenvalue weighted by molar-refractivity contribution is -0.136. The Bertz CT molecular complexity index is 1260. The van der Waals surface area contributed by atoms with Gasteiger partial charge in [-0.3, -0.25) is 14.4 Å². The van der Waals surface area contributed by atoms with Crippen molar-refractivity contribution in [2.24, 2.45) is 5.10 Å². The number of benzene rings is 3. The average molecular weight is 489 g/mol. The van der Waals surface area contributed by atoms with E-state index in [9.17, 15) is 14.4 Å². The lowest BCUT2D eigenvalue weighted by atomic mass is 10.1. The number of hydrazone groups is 1. The minimum Gasteiger partial charge on any atom is -0.490 e. The highest BCUT2D eigenvalue weighted by Gasteiger charge is 2.13. The van der Waals surface area contributed by atoms with E-state index in [1.165, 1.54) is 6.21 Å². The van der Waals surface area contributed by atoms with E-state index >= 15 is 0 Å². The molecule has 36 heavy (non-hydrogen) atoms. The zero-order valence-corrected chi connectivity index (χ0v) is 20.3. The maximum atomic E-state index is 12.2. The molecule has 0 saturated carbocycles. The first-order chi connectivity index (χ1) is 17.4. The van der Waals surface area contributed by atoms with Gasteiger partial charge in [0.25, 0.3) is 5.91 Å². The fraction of sp³-hybridized carbons (Fsp3) is 0.185. The highest BCUT2D eigenvalue weighted by molar-refractivity contribution is 6.39. The van der Waals surface area contributed by atoms with Crippen molar-refractivity contribution < 1.29 is 23.9 Å². The van der Waals surface area contributed by atoms with E-state index in [1.807, 2.05) is 45.0 Å². The van der Waals surface area contributed by atoms with Gasteiger partial charge in [-0.2, -0.15) is 5.10 Å². The van der Waals surface area contributed by atoms with Gasteiger partial charge in [0.2, 0.25) is 0 Å². The monoisotopic (exact) mass is 488 g/mol. The van der Waals surface area contributed by atoms with E-state index in [4.69, 9.17) is 9.47 Å². The summed E-state index contributed by atoms with van der Waals surface area (Å²) in [6.45, 7) is 5.88. The molecule has 0 fully saturated rings. The summed E-state index contributed by atoms with van der Waals surface area (Å²) in [5, 5.41) is 9.12. The second-order valence-electron chi connectivity index (χ2n) is 7.79. The van der Waals surface area contributed by atoms with Gasteiger partial charge in [-0.25, -0.2) is 5.43 Å². The number of hydrogen-bond donors (Lipinski definition) is 3. The zero-order valence-electron chi connectivity index (χ0n) is 20.3. The maximum absolute atomic E-state index is 12.2. The Morgan fingerprint density at radius 2 is 1.58 bits per heavy atom. The molecule has 0 aromatic heterocycles. The van der Waals surface area contributed by atoms with E-state index in [0.29, 0.717) is 35.0 Å². The molecule has 0 spiro atoms. The predicted octanol–water partition coefficient (Wildman–Crippen LogP) is 3.81. The number of carbonyl (C=O) groups is 3.